The molecule has 0 aliphatic heterocycles. The van der Waals surface area contributed by atoms with E-state index in [1.165, 1.54) is 42.1 Å². The van der Waals surface area contributed by atoms with Gasteiger partial charge in [0, 0.05) is 28.9 Å². The van der Waals surface area contributed by atoms with Crippen LogP contribution >= 0.6 is 11.8 Å². The maximum absolute atomic E-state index is 10.7. The number of aryl methyl sites for hydroxylation is 1. The number of carbonyl (C=O) groups excluding carboxylic acids is 1. The fourth-order valence-electron chi connectivity index (χ4n) is 3.61. The molecule has 0 saturated heterocycles. The standard InChI is InChI=1S/C21H30N4OS/c1-17-4-2-5-20(14-17)27-21(9-3-10-21)18(7-12-24-16-26)8-13-25-19(15-23)6-11-22/h2,4-6,11,14-16,18,23H,3,7-10,12-13,22H2,1H3,(H,24,26). The molecule has 1 aromatic rings. The van der Waals surface area contributed by atoms with E-state index in [4.69, 9.17) is 11.1 Å². The van der Waals surface area contributed by atoms with E-state index < -0.39 is 0 Å². The minimum Gasteiger partial charge on any atom is -0.405 e. The van der Waals surface area contributed by atoms with E-state index in [9.17, 15) is 4.79 Å². The number of aliphatic imine (C=N–C) groups is 1. The molecule has 146 valence electrons. The van der Waals surface area contributed by atoms with E-state index >= 15 is 0 Å². The zero-order valence-electron chi connectivity index (χ0n) is 16.0. The minimum atomic E-state index is 0.211. The van der Waals surface area contributed by atoms with Gasteiger partial charge in [-0.25, -0.2) is 0 Å². The third-order valence-electron chi connectivity index (χ3n) is 5.16. The van der Waals surface area contributed by atoms with Crippen molar-refractivity contribution >= 4 is 30.1 Å². The van der Waals surface area contributed by atoms with Crippen LogP contribution in [0.4, 0.5) is 0 Å². The molecule has 0 bridgehead atoms. The van der Waals surface area contributed by atoms with Crippen LogP contribution in [0.1, 0.15) is 37.7 Å². The van der Waals surface area contributed by atoms with Crippen molar-refractivity contribution in [3.63, 3.8) is 0 Å². The summed E-state index contributed by atoms with van der Waals surface area (Å²) in [5.41, 5.74) is 7.28. The fourth-order valence-corrected chi connectivity index (χ4v) is 5.37. The maximum atomic E-state index is 10.7. The molecule has 0 heterocycles. The summed E-state index contributed by atoms with van der Waals surface area (Å²) >= 11 is 1.99. The Morgan fingerprint density at radius 1 is 1.44 bits per heavy atom. The number of rotatable bonds is 12. The van der Waals surface area contributed by atoms with Crippen LogP contribution in [-0.2, 0) is 4.79 Å². The maximum Gasteiger partial charge on any atom is 0.207 e. The van der Waals surface area contributed by atoms with Gasteiger partial charge < -0.3 is 16.5 Å². The Morgan fingerprint density at radius 3 is 2.85 bits per heavy atom. The summed E-state index contributed by atoms with van der Waals surface area (Å²) in [6, 6.07) is 8.69. The summed E-state index contributed by atoms with van der Waals surface area (Å²) in [4.78, 5) is 16.5. The zero-order chi connectivity index (χ0) is 19.5. The first-order chi connectivity index (χ1) is 13.1. The Bertz CT molecular complexity index is 683. The van der Waals surface area contributed by atoms with Gasteiger partial charge >= 0.3 is 0 Å². The molecular formula is C21H30N4OS. The number of allylic oxidation sites excluding steroid dienone is 1. The van der Waals surface area contributed by atoms with E-state index in [0.717, 1.165) is 19.3 Å². The second kappa shape index (κ2) is 10.9. The second-order valence-corrected chi connectivity index (χ2v) is 8.48. The van der Waals surface area contributed by atoms with Gasteiger partial charge in [0.2, 0.25) is 6.41 Å². The molecule has 0 radical (unpaired) electrons. The van der Waals surface area contributed by atoms with Gasteiger partial charge in [-0.2, -0.15) is 0 Å². The number of hydrogen-bond donors (Lipinski definition) is 3. The Morgan fingerprint density at radius 2 is 2.26 bits per heavy atom. The number of carbonyl (C=O) groups is 1. The van der Waals surface area contributed by atoms with Crippen molar-refractivity contribution in [1.29, 1.82) is 5.41 Å². The van der Waals surface area contributed by atoms with Crippen LogP contribution in [0.2, 0.25) is 0 Å². The number of nitrogens with two attached hydrogens (primary N) is 1. The predicted molar refractivity (Wildman–Crippen MR) is 115 cm³/mol. The normalized spacial score (nSPS) is 17.3. The van der Waals surface area contributed by atoms with E-state index in [1.807, 2.05) is 11.8 Å². The van der Waals surface area contributed by atoms with Crippen LogP contribution in [-0.4, -0.2) is 36.2 Å². The lowest BCUT2D eigenvalue weighted by Crippen LogP contribution is -2.43. The van der Waals surface area contributed by atoms with Gasteiger partial charge in [-0.05, 0) is 62.9 Å². The van der Waals surface area contributed by atoms with Gasteiger partial charge in [0.05, 0.1) is 5.71 Å². The molecule has 1 amide bonds. The average Bonchev–Trinajstić information content (AvgIpc) is 2.63. The fraction of sp³-hybridized carbons (Fsp3) is 0.476. The highest BCUT2D eigenvalue weighted by Crippen LogP contribution is 2.54. The first-order valence-corrected chi connectivity index (χ1v) is 10.3. The number of thioether (sulfide) groups is 1. The molecule has 0 aromatic heterocycles. The number of nitrogens with zero attached hydrogens (tertiary/aromatic N) is 1. The molecule has 5 nitrogen and oxygen atoms in total. The molecule has 1 atom stereocenters. The van der Waals surface area contributed by atoms with Gasteiger partial charge in [-0.1, -0.05) is 24.1 Å². The molecule has 1 unspecified atom stereocenters. The Balaban J connectivity index is 2.11. The Labute approximate surface area is 166 Å². The molecule has 4 N–H and O–H groups in total. The molecule has 0 spiro atoms. The SMILES string of the molecule is Cc1cccc(SC2(C(CCN=C(C=N)C=CN)CCNC=O)CCC2)c1. The Kier molecular flexibility index (Phi) is 8.58. The monoisotopic (exact) mass is 386 g/mol. The van der Waals surface area contributed by atoms with Crippen LogP contribution in [0.3, 0.4) is 0 Å². The summed E-state index contributed by atoms with van der Waals surface area (Å²) in [6.45, 7) is 3.48. The topological polar surface area (TPSA) is 91.3 Å². The zero-order valence-corrected chi connectivity index (χ0v) is 16.8. The largest absolute Gasteiger partial charge is 0.405 e. The third-order valence-corrected chi connectivity index (χ3v) is 6.80. The first-order valence-electron chi connectivity index (χ1n) is 9.49. The first kappa shape index (κ1) is 21.2. The highest BCUT2D eigenvalue weighted by atomic mass is 32.2. The molecule has 1 aromatic carbocycles. The second-order valence-electron chi connectivity index (χ2n) is 6.99. The van der Waals surface area contributed by atoms with E-state index in [1.54, 1.807) is 6.08 Å². The molecule has 27 heavy (non-hydrogen) atoms. The lowest BCUT2D eigenvalue weighted by Gasteiger charge is -2.47. The number of nitrogens with one attached hydrogen (secondary N) is 2. The predicted octanol–water partition coefficient (Wildman–Crippen LogP) is 3.72. The van der Waals surface area contributed by atoms with Gasteiger partial charge in [-0.15, -0.1) is 11.8 Å². The molecule has 1 aliphatic rings. The number of hydrogen-bond acceptors (Lipinski definition) is 5. The summed E-state index contributed by atoms with van der Waals surface area (Å²) in [7, 11) is 0. The molecule has 1 aliphatic carbocycles. The van der Waals surface area contributed by atoms with Crippen molar-refractivity contribution in [3.05, 3.63) is 42.1 Å². The van der Waals surface area contributed by atoms with Crippen molar-refractivity contribution in [2.45, 2.75) is 48.7 Å². The summed E-state index contributed by atoms with van der Waals surface area (Å²) in [5.74, 6) is 0.460. The quantitative estimate of drug-likeness (QED) is 0.290. The van der Waals surface area contributed by atoms with Crippen LogP contribution in [0.25, 0.3) is 0 Å². The summed E-state index contributed by atoms with van der Waals surface area (Å²) in [5, 5.41) is 10.2. The van der Waals surface area contributed by atoms with E-state index in [2.05, 4.69) is 41.5 Å². The molecule has 1 saturated carbocycles. The molecule has 2 rings (SSSR count). The molecular weight excluding hydrogens is 356 g/mol. The number of amides is 1. The van der Waals surface area contributed by atoms with Crippen molar-refractivity contribution in [1.82, 2.24) is 5.32 Å². The molecule has 1 fully saturated rings. The highest BCUT2D eigenvalue weighted by molar-refractivity contribution is 8.00. The average molecular weight is 387 g/mol. The van der Waals surface area contributed by atoms with Crippen LogP contribution in [0, 0.1) is 18.3 Å². The lowest BCUT2D eigenvalue weighted by molar-refractivity contribution is -0.109. The highest BCUT2D eigenvalue weighted by Gasteiger charge is 2.44. The lowest BCUT2D eigenvalue weighted by atomic mass is 9.72. The van der Waals surface area contributed by atoms with Gasteiger partial charge in [0.15, 0.2) is 0 Å². The third kappa shape index (κ3) is 6.24. The van der Waals surface area contributed by atoms with Crippen molar-refractivity contribution in [2.24, 2.45) is 16.6 Å². The van der Waals surface area contributed by atoms with Crippen LogP contribution < -0.4 is 11.1 Å². The van der Waals surface area contributed by atoms with E-state index in [-0.39, 0.29) is 4.75 Å². The summed E-state index contributed by atoms with van der Waals surface area (Å²) in [6.07, 6.45) is 10.6. The van der Waals surface area contributed by atoms with Crippen molar-refractivity contribution < 1.29 is 4.79 Å². The van der Waals surface area contributed by atoms with E-state index in [0.29, 0.717) is 24.7 Å². The van der Waals surface area contributed by atoms with Crippen LogP contribution in [0.15, 0.2) is 46.4 Å². The smallest absolute Gasteiger partial charge is 0.207 e. The van der Waals surface area contributed by atoms with Crippen molar-refractivity contribution in [3.8, 4) is 0 Å². The van der Waals surface area contributed by atoms with Crippen molar-refractivity contribution in [2.75, 3.05) is 13.1 Å². The van der Waals surface area contributed by atoms with Crippen LogP contribution in [0.5, 0.6) is 0 Å². The summed E-state index contributed by atoms with van der Waals surface area (Å²) < 4.78 is 0.211. The van der Waals surface area contributed by atoms with Gasteiger partial charge in [0.1, 0.15) is 0 Å². The molecule has 6 heteroatoms. The Hall–Kier alpha value is -2.08. The minimum absolute atomic E-state index is 0.211. The number of benzene rings is 1. The van der Waals surface area contributed by atoms with Gasteiger partial charge in [-0.3, -0.25) is 9.79 Å². The van der Waals surface area contributed by atoms with Gasteiger partial charge in [0.25, 0.3) is 0 Å².